The molecule has 1 heterocycles. The minimum atomic E-state index is -10.2. The van der Waals surface area contributed by atoms with Crippen molar-refractivity contribution in [3.05, 3.63) is 63.3 Å². The second-order valence-electron chi connectivity index (χ2n) is 9.49. The lowest BCUT2D eigenvalue weighted by molar-refractivity contribution is -0.143. The number of aromatic nitrogens is 2. The zero-order valence-electron chi connectivity index (χ0n) is 21.8. The van der Waals surface area contributed by atoms with Crippen LogP contribution in [-0.2, 0) is 36.1 Å². The molecule has 1 saturated carbocycles. The van der Waals surface area contributed by atoms with Crippen LogP contribution in [0.3, 0.4) is 0 Å². The van der Waals surface area contributed by atoms with Gasteiger partial charge in [0.05, 0.1) is 33.0 Å². The summed E-state index contributed by atoms with van der Waals surface area (Å²) in [6, 6.07) is 6.90. The predicted molar refractivity (Wildman–Crippen MR) is 146 cm³/mol. The van der Waals surface area contributed by atoms with E-state index in [1.807, 2.05) is 0 Å². The summed E-state index contributed by atoms with van der Waals surface area (Å²) in [5, 5.41) is 14.1. The number of amides is 1. The van der Waals surface area contributed by atoms with Gasteiger partial charge in [0.15, 0.2) is 15.5 Å². The molecule has 1 aliphatic carbocycles. The highest BCUT2D eigenvalue weighted by molar-refractivity contribution is 8.45. The molecule has 1 amide bonds. The van der Waals surface area contributed by atoms with E-state index < -0.39 is 76.3 Å². The second kappa shape index (κ2) is 9.97. The minimum Gasteiger partial charge on any atom is -0.468 e. The standard InChI is InChI=1S/C24H19Cl2F5N4O6S2/c1-40-22(36)24(7-8-24)19-18(11-32)34-35(20-16(25)9-15(10-17(20)26)43(27,28,29,30)31)21(19)33-23(37)41-12-13-3-5-14(6-4-13)42(2,38)39/h3-6,9-10H,7-8,12H2,1-2H3,(H,33,37). The molecule has 0 saturated heterocycles. The highest BCUT2D eigenvalue weighted by Crippen LogP contribution is 3.02. The van der Waals surface area contributed by atoms with E-state index in [0.717, 1.165) is 13.4 Å². The van der Waals surface area contributed by atoms with Gasteiger partial charge in [-0.1, -0.05) is 54.8 Å². The van der Waals surface area contributed by atoms with Crippen molar-refractivity contribution in [3.8, 4) is 11.8 Å². The van der Waals surface area contributed by atoms with E-state index in [1.165, 1.54) is 24.3 Å². The lowest BCUT2D eigenvalue weighted by atomic mass is 9.95. The Morgan fingerprint density at radius 1 is 1.12 bits per heavy atom. The van der Waals surface area contributed by atoms with Gasteiger partial charge >= 0.3 is 22.3 Å². The van der Waals surface area contributed by atoms with E-state index in [9.17, 15) is 42.7 Å². The maximum absolute atomic E-state index is 13.5. The van der Waals surface area contributed by atoms with Crippen molar-refractivity contribution in [2.24, 2.45) is 0 Å². The zero-order valence-corrected chi connectivity index (χ0v) is 25.0. The fourth-order valence-electron chi connectivity index (χ4n) is 4.19. The number of esters is 1. The van der Waals surface area contributed by atoms with Crippen LogP contribution in [0.5, 0.6) is 0 Å². The van der Waals surface area contributed by atoms with Gasteiger partial charge in [0.2, 0.25) is 0 Å². The first-order valence-corrected chi connectivity index (χ1v) is 16.3. The van der Waals surface area contributed by atoms with E-state index in [4.69, 9.17) is 32.7 Å². The summed E-state index contributed by atoms with van der Waals surface area (Å²) in [6.45, 7) is -0.396. The molecule has 0 radical (unpaired) electrons. The Balaban J connectivity index is 1.79. The van der Waals surface area contributed by atoms with Gasteiger partial charge in [0.25, 0.3) is 0 Å². The van der Waals surface area contributed by atoms with E-state index in [0.29, 0.717) is 10.2 Å². The third kappa shape index (κ3) is 6.51. The quantitative estimate of drug-likeness (QED) is 0.196. The Hall–Kier alpha value is -3.59. The number of carbonyl (C=O) groups is 2. The van der Waals surface area contributed by atoms with Crippen LogP contribution in [0, 0.1) is 11.3 Å². The Labute approximate surface area is 250 Å². The topological polar surface area (TPSA) is 140 Å². The third-order valence-electron chi connectivity index (χ3n) is 6.39. The zero-order chi connectivity index (χ0) is 32.2. The van der Waals surface area contributed by atoms with Gasteiger partial charge < -0.3 is 9.47 Å². The summed E-state index contributed by atoms with van der Waals surface area (Å²) in [4.78, 5) is 23.2. The Bertz CT molecular complexity index is 1800. The number of benzene rings is 2. The van der Waals surface area contributed by atoms with E-state index in [1.54, 1.807) is 6.07 Å². The maximum Gasteiger partial charge on any atom is 0.413 e. The molecular weight excluding hydrogens is 670 g/mol. The molecule has 2 aromatic carbocycles. The van der Waals surface area contributed by atoms with Crippen molar-refractivity contribution in [2.45, 2.75) is 34.7 Å². The molecule has 1 aromatic heterocycles. The number of hydrogen-bond acceptors (Lipinski definition) is 8. The summed E-state index contributed by atoms with van der Waals surface area (Å²) in [6.07, 6.45) is 0.0449. The van der Waals surface area contributed by atoms with Crippen molar-refractivity contribution in [3.63, 3.8) is 0 Å². The number of anilines is 1. The van der Waals surface area contributed by atoms with Crippen molar-refractivity contribution < 1.29 is 46.9 Å². The number of rotatable bonds is 8. The fraction of sp³-hybridized carbons (Fsp3) is 0.250. The molecule has 0 bridgehead atoms. The van der Waals surface area contributed by atoms with Crippen molar-refractivity contribution >= 4 is 61.1 Å². The fourth-order valence-corrected chi connectivity index (χ4v) is 6.27. The molecule has 232 valence electrons. The highest BCUT2D eigenvalue weighted by Gasteiger charge is 2.66. The number of methoxy groups -OCH3 is 1. The Kier molecular flexibility index (Phi) is 7.50. The largest absolute Gasteiger partial charge is 0.468 e. The number of nitrogens with one attached hydrogen (secondary N) is 1. The van der Waals surface area contributed by atoms with Crippen molar-refractivity contribution in [1.82, 2.24) is 9.78 Å². The van der Waals surface area contributed by atoms with Gasteiger partial charge in [0.1, 0.15) is 29.1 Å². The number of carbonyl (C=O) groups excluding carboxylic acids is 2. The number of sulfone groups is 1. The summed E-state index contributed by atoms with van der Waals surface area (Å²) in [7, 11) is -12.6. The molecule has 4 rings (SSSR count). The first-order chi connectivity index (χ1) is 19.6. The Morgan fingerprint density at radius 3 is 2.12 bits per heavy atom. The summed E-state index contributed by atoms with van der Waals surface area (Å²) in [5.41, 5.74) is -2.42. The molecule has 0 unspecified atom stereocenters. The first-order valence-electron chi connectivity index (χ1n) is 11.7. The SMILES string of the molecule is COC(=O)C1(c2c(C#N)nn(-c3c(Cl)cc(S(F)(F)(F)(F)F)cc3Cl)c2NC(=O)OCc2ccc(S(C)(=O)=O)cc2)CC1. The van der Waals surface area contributed by atoms with Gasteiger partial charge in [-0.25, -0.2) is 17.9 Å². The number of hydrogen-bond donors (Lipinski definition) is 1. The summed E-state index contributed by atoms with van der Waals surface area (Å²) in [5.74, 6) is -1.29. The minimum absolute atomic E-state index is 0.0146. The molecule has 10 nitrogen and oxygen atoms in total. The van der Waals surface area contributed by atoms with Crippen LogP contribution < -0.4 is 5.32 Å². The van der Waals surface area contributed by atoms with Gasteiger partial charge in [-0.3, -0.25) is 10.1 Å². The molecule has 1 fully saturated rings. The van der Waals surface area contributed by atoms with E-state index in [-0.39, 0.29) is 35.4 Å². The van der Waals surface area contributed by atoms with Crippen LogP contribution in [0.2, 0.25) is 10.0 Å². The number of nitriles is 1. The van der Waals surface area contributed by atoms with Crippen LogP contribution in [0.25, 0.3) is 5.69 Å². The summed E-state index contributed by atoms with van der Waals surface area (Å²) >= 11 is 12.0. The van der Waals surface area contributed by atoms with Crippen molar-refractivity contribution in [2.75, 3.05) is 18.7 Å². The molecule has 43 heavy (non-hydrogen) atoms. The van der Waals surface area contributed by atoms with Crippen LogP contribution in [0.15, 0.2) is 46.2 Å². The molecule has 0 spiro atoms. The smallest absolute Gasteiger partial charge is 0.413 e. The lowest BCUT2D eigenvalue weighted by Gasteiger charge is -2.40. The number of halogens is 7. The van der Waals surface area contributed by atoms with Crippen LogP contribution >= 0.6 is 33.4 Å². The maximum atomic E-state index is 13.5. The van der Waals surface area contributed by atoms with Gasteiger partial charge in [-0.15, -0.1) is 0 Å². The third-order valence-corrected chi connectivity index (χ3v) is 9.22. The van der Waals surface area contributed by atoms with Crippen LogP contribution in [0.4, 0.5) is 30.0 Å². The number of ether oxygens (including phenoxy) is 2. The van der Waals surface area contributed by atoms with Crippen LogP contribution in [-0.4, -0.2) is 43.6 Å². The molecular formula is C24H19Cl2F5N4O6S2. The van der Waals surface area contributed by atoms with E-state index in [2.05, 4.69) is 10.4 Å². The van der Waals surface area contributed by atoms with Crippen molar-refractivity contribution in [1.29, 1.82) is 5.26 Å². The number of nitrogens with zero attached hydrogens (tertiary/aromatic N) is 3. The van der Waals surface area contributed by atoms with Gasteiger partial charge in [0, 0.05) is 6.26 Å². The van der Waals surface area contributed by atoms with Crippen LogP contribution in [0.1, 0.15) is 29.7 Å². The predicted octanol–water partition coefficient (Wildman–Crippen LogP) is 7.06. The highest BCUT2D eigenvalue weighted by atomic mass is 35.5. The second-order valence-corrected chi connectivity index (χ2v) is 14.7. The average Bonchev–Trinajstić information content (AvgIpc) is 3.61. The molecule has 1 N–H and O–H groups in total. The monoisotopic (exact) mass is 688 g/mol. The molecule has 0 aliphatic heterocycles. The molecule has 19 heteroatoms. The average molecular weight is 689 g/mol. The van der Waals surface area contributed by atoms with E-state index >= 15 is 0 Å². The molecule has 1 aliphatic rings. The first kappa shape index (κ1) is 32.3. The lowest BCUT2D eigenvalue weighted by Crippen LogP contribution is -2.25. The van der Waals surface area contributed by atoms with Gasteiger partial charge in [-0.2, -0.15) is 10.4 Å². The van der Waals surface area contributed by atoms with Gasteiger partial charge in [-0.05, 0) is 42.7 Å². The normalized spacial score (nSPS) is 15.9. The molecule has 3 aromatic rings. The molecule has 0 atom stereocenters. The summed E-state index contributed by atoms with van der Waals surface area (Å²) < 4.78 is 101. The Morgan fingerprint density at radius 2 is 1.67 bits per heavy atom.